The van der Waals surface area contributed by atoms with E-state index in [1.54, 1.807) is 32.0 Å². The van der Waals surface area contributed by atoms with Crippen molar-refractivity contribution in [3.05, 3.63) is 88.8 Å². The number of allylic oxidation sites excluding steroid dienone is 1. The Morgan fingerprint density at radius 1 is 1.00 bits per heavy atom. The molecule has 4 N–H and O–H groups in total. The van der Waals surface area contributed by atoms with Gasteiger partial charge in [0.15, 0.2) is 0 Å². The summed E-state index contributed by atoms with van der Waals surface area (Å²) in [6, 6.07) is 16.7. The number of nitrogens with one attached hydrogen (secondary N) is 1. The number of ether oxygens (including phenoxy) is 3. The number of methoxy groups -OCH3 is 1. The molecule has 1 aliphatic rings. The van der Waals surface area contributed by atoms with Gasteiger partial charge in [-0.25, -0.2) is 9.59 Å². The molecular formula is C26H32N2O8S. The van der Waals surface area contributed by atoms with Crippen LogP contribution in [-0.4, -0.2) is 58.4 Å². The van der Waals surface area contributed by atoms with E-state index in [1.165, 1.54) is 19.2 Å². The fourth-order valence-corrected chi connectivity index (χ4v) is 4.17. The van der Waals surface area contributed by atoms with Crippen molar-refractivity contribution in [3.63, 3.8) is 0 Å². The van der Waals surface area contributed by atoms with Gasteiger partial charge in [-0.1, -0.05) is 48.5 Å². The summed E-state index contributed by atoms with van der Waals surface area (Å²) in [6.45, 7) is 4.60. The highest BCUT2D eigenvalue weighted by Crippen LogP contribution is 2.39. The first-order valence-electron chi connectivity index (χ1n) is 11.5. The minimum absolute atomic E-state index is 0.0741. The van der Waals surface area contributed by atoms with E-state index in [-0.39, 0.29) is 18.1 Å². The van der Waals surface area contributed by atoms with Gasteiger partial charge in [-0.2, -0.15) is 8.42 Å². The molecule has 1 heterocycles. The molecule has 10 nitrogen and oxygen atoms in total. The smallest absolute Gasteiger partial charge is 0.336 e. The second-order valence-corrected chi connectivity index (χ2v) is 9.16. The van der Waals surface area contributed by atoms with E-state index in [4.69, 9.17) is 24.5 Å². The monoisotopic (exact) mass is 532 g/mol. The van der Waals surface area contributed by atoms with Crippen LogP contribution in [-0.2, 0) is 33.9 Å². The Hall–Kier alpha value is -3.51. The summed E-state index contributed by atoms with van der Waals surface area (Å²) in [5.41, 5.74) is 8.15. The van der Waals surface area contributed by atoms with Crippen molar-refractivity contribution < 1.29 is 36.8 Å². The molecule has 1 unspecified atom stereocenters. The molecule has 0 saturated carbocycles. The molecule has 0 amide bonds. The highest BCUT2D eigenvalue weighted by molar-refractivity contribution is 7.85. The third kappa shape index (κ3) is 8.25. The Bertz CT molecular complexity index is 1230. The first-order chi connectivity index (χ1) is 17.6. The minimum atomic E-state index is -4.00. The van der Waals surface area contributed by atoms with Gasteiger partial charge in [0, 0.05) is 12.2 Å². The second kappa shape index (κ2) is 14.3. The zero-order valence-electron chi connectivity index (χ0n) is 21.0. The average molecular weight is 533 g/mol. The molecule has 2 aromatic carbocycles. The van der Waals surface area contributed by atoms with Gasteiger partial charge in [0.05, 0.1) is 54.6 Å². The van der Waals surface area contributed by atoms with Crippen LogP contribution in [0.25, 0.3) is 0 Å². The lowest BCUT2D eigenvalue weighted by atomic mass is 9.80. The zero-order valence-corrected chi connectivity index (χ0v) is 21.8. The van der Waals surface area contributed by atoms with Gasteiger partial charge in [0.25, 0.3) is 10.1 Å². The Morgan fingerprint density at radius 3 is 2.08 bits per heavy atom. The summed E-state index contributed by atoms with van der Waals surface area (Å²) < 4.78 is 45.0. The fraction of sp³-hybridized carbons (Fsp3) is 0.308. The number of hydrogen-bond acceptors (Lipinski definition) is 9. The van der Waals surface area contributed by atoms with Gasteiger partial charge in [-0.05, 0) is 31.5 Å². The number of carbonyl (C=O) groups excluding carboxylic acids is 2. The second-order valence-electron chi connectivity index (χ2n) is 7.74. The van der Waals surface area contributed by atoms with Crippen LogP contribution in [0.5, 0.6) is 0 Å². The molecule has 2 aromatic rings. The van der Waals surface area contributed by atoms with E-state index in [2.05, 4.69) is 5.32 Å². The fourth-order valence-electron chi connectivity index (χ4n) is 3.67. The predicted octanol–water partition coefficient (Wildman–Crippen LogP) is 2.55. The van der Waals surface area contributed by atoms with Crippen molar-refractivity contribution in [2.75, 3.05) is 33.5 Å². The maximum absolute atomic E-state index is 12.8. The molecule has 0 saturated heterocycles. The topological polar surface area (TPSA) is 154 Å². The maximum atomic E-state index is 12.8. The Labute approximate surface area is 216 Å². The van der Waals surface area contributed by atoms with Crippen molar-refractivity contribution >= 4 is 22.1 Å². The van der Waals surface area contributed by atoms with Gasteiger partial charge < -0.3 is 25.3 Å². The normalized spacial score (nSPS) is 15.3. The third-order valence-electron chi connectivity index (χ3n) is 5.23. The van der Waals surface area contributed by atoms with Gasteiger partial charge in [-0.3, -0.25) is 4.55 Å². The number of benzene rings is 2. The molecule has 11 heteroatoms. The molecule has 3 rings (SSSR count). The molecule has 0 aliphatic carbocycles. The van der Waals surface area contributed by atoms with Crippen molar-refractivity contribution in [2.45, 2.75) is 24.7 Å². The molecule has 1 atom stereocenters. The van der Waals surface area contributed by atoms with Gasteiger partial charge >= 0.3 is 11.9 Å². The third-order valence-corrected chi connectivity index (χ3v) is 6.10. The van der Waals surface area contributed by atoms with E-state index in [9.17, 15) is 18.0 Å². The first-order valence-corrected chi connectivity index (χ1v) is 12.9. The summed E-state index contributed by atoms with van der Waals surface area (Å²) in [7, 11) is -2.69. The van der Waals surface area contributed by atoms with E-state index in [1.807, 2.05) is 30.3 Å². The molecule has 0 fully saturated rings. The molecule has 37 heavy (non-hydrogen) atoms. The number of rotatable bonds is 9. The molecule has 200 valence electrons. The number of nitrogens with two attached hydrogens (primary N) is 1. The summed E-state index contributed by atoms with van der Waals surface area (Å²) in [4.78, 5) is 25.3. The average Bonchev–Trinajstić information content (AvgIpc) is 2.89. The zero-order chi connectivity index (χ0) is 27.4. The summed E-state index contributed by atoms with van der Waals surface area (Å²) >= 11 is 0. The number of carbonyl (C=O) groups is 2. The van der Waals surface area contributed by atoms with Crippen molar-refractivity contribution in [2.24, 2.45) is 5.73 Å². The molecule has 0 spiro atoms. The molecule has 0 aromatic heterocycles. The van der Waals surface area contributed by atoms with Crippen molar-refractivity contribution in [1.82, 2.24) is 5.32 Å². The van der Waals surface area contributed by atoms with Crippen LogP contribution in [0.1, 0.15) is 25.3 Å². The maximum Gasteiger partial charge on any atom is 0.336 e. The number of esters is 2. The molecule has 1 aliphatic heterocycles. The highest BCUT2D eigenvalue weighted by Gasteiger charge is 2.38. The van der Waals surface area contributed by atoms with Crippen LogP contribution in [0.3, 0.4) is 0 Å². The quantitative estimate of drug-likeness (QED) is 0.249. The Kier molecular flexibility index (Phi) is 11.5. The Balaban J connectivity index is 0.000000402. The summed E-state index contributed by atoms with van der Waals surface area (Å²) in [5.74, 6) is -1.62. The number of hydrogen-bond donors (Lipinski definition) is 3. The van der Waals surface area contributed by atoms with Crippen LogP contribution in [0, 0.1) is 0 Å². The molecule has 0 bridgehead atoms. The first kappa shape index (κ1) is 29.7. The van der Waals surface area contributed by atoms with E-state index >= 15 is 0 Å². The van der Waals surface area contributed by atoms with Crippen LogP contribution >= 0.6 is 0 Å². The standard InChI is InChI=1S/C20H26N2O5.C6H6O3S/c1-4-27-20(24)18-15(12-26-11-10-21)22-13(2)16(19(23)25-3)17(18)14-8-6-5-7-9-14;7-10(8,9)6-4-2-1-3-5-6/h5-9,17,22H,4,10-12,21H2,1-3H3;1-5H,(H,7,8,9). The largest absolute Gasteiger partial charge is 0.466 e. The Morgan fingerprint density at radius 2 is 1.59 bits per heavy atom. The van der Waals surface area contributed by atoms with Crippen molar-refractivity contribution in [3.8, 4) is 0 Å². The van der Waals surface area contributed by atoms with E-state index in [0.717, 1.165) is 5.56 Å². The number of dihydropyridines is 1. The lowest BCUT2D eigenvalue weighted by Gasteiger charge is -2.31. The van der Waals surface area contributed by atoms with Crippen molar-refractivity contribution in [1.29, 1.82) is 0 Å². The minimum Gasteiger partial charge on any atom is -0.466 e. The van der Waals surface area contributed by atoms with E-state index in [0.29, 0.717) is 35.7 Å². The summed E-state index contributed by atoms with van der Waals surface area (Å²) in [6.07, 6.45) is 0. The predicted molar refractivity (Wildman–Crippen MR) is 137 cm³/mol. The van der Waals surface area contributed by atoms with Crippen LogP contribution in [0.4, 0.5) is 0 Å². The van der Waals surface area contributed by atoms with E-state index < -0.39 is 28.0 Å². The van der Waals surface area contributed by atoms with Gasteiger partial charge in [0.1, 0.15) is 0 Å². The van der Waals surface area contributed by atoms with Crippen LogP contribution < -0.4 is 11.1 Å². The van der Waals surface area contributed by atoms with Crippen LogP contribution in [0.2, 0.25) is 0 Å². The molecular weight excluding hydrogens is 500 g/mol. The lowest BCUT2D eigenvalue weighted by Crippen LogP contribution is -2.35. The highest BCUT2D eigenvalue weighted by atomic mass is 32.2. The van der Waals surface area contributed by atoms with Gasteiger partial charge in [-0.15, -0.1) is 0 Å². The SMILES string of the molecule is CCOC(=O)C1=C(COCCN)NC(C)=C(C(=O)OC)C1c1ccccc1.O=S(=O)(O)c1ccccc1. The van der Waals surface area contributed by atoms with Crippen LogP contribution in [0.15, 0.2) is 88.1 Å². The van der Waals surface area contributed by atoms with Gasteiger partial charge in [0.2, 0.25) is 0 Å². The lowest BCUT2D eigenvalue weighted by molar-refractivity contribution is -0.139. The molecule has 0 radical (unpaired) electrons. The summed E-state index contributed by atoms with van der Waals surface area (Å²) in [5, 5.41) is 3.12.